The minimum atomic E-state index is -0.820. The van der Waals surface area contributed by atoms with Gasteiger partial charge in [0.1, 0.15) is 11.6 Å². The van der Waals surface area contributed by atoms with Crippen LogP contribution in [0.5, 0.6) is 0 Å². The minimum absolute atomic E-state index is 0. The Balaban J connectivity index is 0.00000225. The number of nitrogens with one attached hydrogen (secondary N) is 1. The summed E-state index contributed by atoms with van der Waals surface area (Å²) in [5.74, 6) is -0.414. The van der Waals surface area contributed by atoms with E-state index >= 15 is 0 Å². The van der Waals surface area contributed by atoms with Gasteiger partial charge >= 0.3 is 6.03 Å². The zero-order valence-electron chi connectivity index (χ0n) is 16.0. The maximum Gasteiger partial charge on any atom is 0.325 e. The van der Waals surface area contributed by atoms with Gasteiger partial charge in [-0.05, 0) is 25.3 Å². The molecule has 1 spiro atoms. The van der Waals surface area contributed by atoms with Crippen molar-refractivity contribution in [2.24, 2.45) is 5.73 Å². The van der Waals surface area contributed by atoms with Crippen molar-refractivity contribution in [3.05, 3.63) is 35.9 Å². The lowest BCUT2D eigenvalue weighted by Crippen LogP contribution is -2.51. The van der Waals surface area contributed by atoms with Crippen molar-refractivity contribution in [2.45, 2.75) is 56.1 Å². The number of amides is 4. The average Bonchev–Trinajstić information content (AvgIpc) is 3.34. The molecule has 152 valence electrons. The molecule has 4 rings (SSSR count). The first-order valence-electron chi connectivity index (χ1n) is 9.68. The fourth-order valence-electron chi connectivity index (χ4n) is 4.75. The molecule has 28 heavy (non-hydrogen) atoms. The first-order chi connectivity index (χ1) is 12.9. The fourth-order valence-corrected chi connectivity index (χ4v) is 4.75. The van der Waals surface area contributed by atoms with Crippen LogP contribution in [-0.4, -0.2) is 58.4 Å². The van der Waals surface area contributed by atoms with Gasteiger partial charge in [-0.15, -0.1) is 12.4 Å². The third-order valence-electron chi connectivity index (χ3n) is 6.30. The molecule has 2 aliphatic heterocycles. The Morgan fingerprint density at radius 2 is 1.82 bits per heavy atom. The Hall–Kier alpha value is -2.12. The SMILES string of the molecule is CC(C(=O)N1C[C@@H](N)[C@H](c2ccccc2)C1)N1C(=O)NC2(CCCC2)C1=O.Cl. The van der Waals surface area contributed by atoms with Gasteiger partial charge in [-0.1, -0.05) is 43.2 Å². The van der Waals surface area contributed by atoms with E-state index in [1.54, 1.807) is 11.8 Å². The Morgan fingerprint density at radius 1 is 1.18 bits per heavy atom. The van der Waals surface area contributed by atoms with E-state index in [4.69, 9.17) is 5.73 Å². The van der Waals surface area contributed by atoms with Gasteiger partial charge in [0.25, 0.3) is 5.91 Å². The molecule has 2 heterocycles. The van der Waals surface area contributed by atoms with Crippen molar-refractivity contribution in [2.75, 3.05) is 13.1 Å². The molecule has 3 atom stereocenters. The van der Waals surface area contributed by atoms with E-state index in [1.165, 1.54) is 0 Å². The Labute approximate surface area is 171 Å². The van der Waals surface area contributed by atoms with E-state index in [2.05, 4.69) is 5.32 Å². The number of rotatable bonds is 3. The lowest BCUT2D eigenvalue weighted by atomic mass is 9.95. The van der Waals surface area contributed by atoms with Crippen LogP contribution >= 0.6 is 12.4 Å². The van der Waals surface area contributed by atoms with E-state index in [-0.39, 0.29) is 36.2 Å². The second-order valence-corrected chi connectivity index (χ2v) is 7.99. The van der Waals surface area contributed by atoms with Crippen molar-refractivity contribution in [3.8, 4) is 0 Å². The van der Waals surface area contributed by atoms with Crippen LogP contribution in [0.3, 0.4) is 0 Å². The predicted molar refractivity (Wildman–Crippen MR) is 107 cm³/mol. The Kier molecular flexibility index (Phi) is 5.68. The van der Waals surface area contributed by atoms with Crippen LogP contribution in [0.2, 0.25) is 0 Å². The maximum absolute atomic E-state index is 13.0. The molecule has 3 N–H and O–H groups in total. The molecule has 1 saturated carbocycles. The largest absolute Gasteiger partial charge is 0.339 e. The quantitative estimate of drug-likeness (QED) is 0.745. The van der Waals surface area contributed by atoms with Crippen LogP contribution in [0.15, 0.2) is 30.3 Å². The van der Waals surface area contributed by atoms with Crippen LogP contribution < -0.4 is 11.1 Å². The maximum atomic E-state index is 13.0. The number of likely N-dealkylation sites (tertiary alicyclic amines) is 1. The molecule has 0 aromatic heterocycles. The highest BCUT2D eigenvalue weighted by molar-refractivity contribution is 6.10. The predicted octanol–water partition coefficient (Wildman–Crippen LogP) is 1.61. The van der Waals surface area contributed by atoms with Gasteiger partial charge in [0.15, 0.2) is 0 Å². The van der Waals surface area contributed by atoms with Gasteiger partial charge in [-0.2, -0.15) is 0 Å². The number of imide groups is 1. The summed E-state index contributed by atoms with van der Waals surface area (Å²) in [6.07, 6.45) is 3.14. The second-order valence-electron chi connectivity index (χ2n) is 7.99. The molecule has 7 nitrogen and oxygen atoms in total. The minimum Gasteiger partial charge on any atom is -0.339 e. The summed E-state index contributed by atoms with van der Waals surface area (Å²) < 4.78 is 0. The number of hydrogen-bond acceptors (Lipinski definition) is 4. The monoisotopic (exact) mass is 406 g/mol. The average molecular weight is 407 g/mol. The molecule has 3 fully saturated rings. The summed E-state index contributed by atoms with van der Waals surface area (Å²) in [6.45, 7) is 2.57. The van der Waals surface area contributed by atoms with Crippen LogP contribution in [0, 0.1) is 0 Å². The topological polar surface area (TPSA) is 95.7 Å². The number of benzene rings is 1. The molecular formula is C20H27ClN4O3. The number of hydrogen-bond donors (Lipinski definition) is 2. The number of urea groups is 1. The zero-order valence-corrected chi connectivity index (χ0v) is 16.8. The third kappa shape index (κ3) is 3.26. The van der Waals surface area contributed by atoms with E-state index in [0.717, 1.165) is 23.3 Å². The first kappa shape index (κ1) is 20.6. The molecule has 4 amide bonds. The normalized spacial score (nSPS) is 27.1. The summed E-state index contributed by atoms with van der Waals surface area (Å²) in [4.78, 5) is 41.2. The molecule has 3 aliphatic rings. The standard InChI is InChI=1S/C20H26N4O3.ClH/c1-13(24-18(26)20(22-19(24)27)9-5-6-10-20)17(25)23-11-15(16(21)12-23)14-7-3-2-4-8-14;/h2-4,7-8,13,15-16H,5-6,9-12,21H2,1H3,(H,22,27);1H/t13?,15-,16+;/m0./s1. The second kappa shape index (κ2) is 7.72. The summed E-state index contributed by atoms with van der Waals surface area (Å²) in [5.41, 5.74) is 6.60. The summed E-state index contributed by atoms with van der Waals surface area (Å²) in [6, 6.07) is 8.47. The molecule has 0 bridgehead atoms. The smallest absolute Gasteiger partial charge is 0.325 e. The highest BCUT2D eigenvalue weighted by Gasteiger charge is 2.55. The van der Waals surface area contributed by atoms with Gasteiger partial charge in [0.05, 0.1) is 0 Å². The van der Waals surface area contributed by atoms with Crippen LogP contribution in [0.1, 0.15) is 44.1 Å². The van der Waals surface area contributed by atoms with Crippen molar-refractivity contribution >= 4 is 30.3 Å². The fraction of sp³-hybridized carbons (Fsp3) is 0.550. The van der Waals surface area contributed by atoms with Gasteiger partial charge in [0, 0.05) is 25.0 Å². The Morgan fingerprint density at radius 3 is 2.46 bits per heavy atom. The third-order valence-corrected chi connectivity index (χ3v) is 6.30. The number of nitrogens with two attached hydrogens (primary N) is 1. The molecule has 2 saturated heterocycles. The Bertz CT molecular complexity index is 766. The summed E-state index contributed by atoms with van der Waals surface area (Å²) in [7, 11) is 0. The molecule has 8 heteroatoms. The van der Waals surface area contributed by atoms with Crippen LogP contribution in [0.25, 0.3) is 0 Å². The van der Waals surface area contributed by atoms with E-state index in [9.17, 15) is 14.4 Å². The first-order valence-corrected chi connectivity index (χ1v) is 9.68. The zero-order chi connectivity index (χ0) is 19.2. The van der Waals surface area contributed by atoms with Crippen molar-refractivity contribution in [3.63, 3.8) is 0 Å². The lowest BCUT2D eigenvalue weighted by Gasteiger charge is -2.27. The van der Waals surface area contributed by atoms with Crippen LogP contribution in [0.4, 0.5) is 4.79 Å². The van der Waals surface area contributed by atoms with Gasteiger partial charge in [0.2, 0.25) is 5.91 Å². The van der Waals surface area contributed by atoms with Gasteiger partial charge < -0.3 is 16.0 Å². The molecule has 1 aromatic rings. The summed E-state index contributed by atoms with van der Waals surface area (Å²) >= 11 is 0. The van der Waals surface area contributed by atoms with E-state index in [1.807, 2.05) is 30.3 Å². The molecule has 0 radical (unpaired) electrons. The lowest BCUT2D eigenvalue weighted by molar-refractivity contribution is -0.142. The van der Waals surface area contributed by atoms with Gasteiger partial charge in [-0.25, -0.2) is 9.69 Å². The number of nitrogens with zero attached hydrogens (tertiary/aromatic N) is 2. The van der Waals surface area contributed by atoms with Crippen molar-refractivity contribution in [1.29, 1.82) is 0 Å². The van der Waals surface area contributed by atoms with Gasteiger partial charge in [-0.3, -0.25) is 9.59 Å². The highest BCUT2D eigenvalue weighted by Crippen LogP contribution is 2.36. The molecule has 1 unspecified atom stereocenters. The molecule has 1 aliphatic carbocycles. The highest BCUT2D eigenvalue weighted by atomic mass is 35.5. The number of carbonyl (C=O) groups excluding carboxylic acids is 3. The summed E-state index contributed by atoms with van der Waals surface area (Å²) in [5, 5.41) is 2.84. The van der Waals surface area contributed by atoms with Crippen LogP contribution in [-0.2, 0) is 9.59 Å². The van der Waals surface area contributed by atoms with Crippen molar-refractivity contribution in [1.82, 2.24) is 15.1 Å². The molecule has 1 aromatic carbocycles. The number of halogens is 1. The molecular weight excluding hydrogens is 380 g/mol. The number of carbonyl (C=O) groups is 3. The van der Waals surface area contributed by atoms with E-state index < -0.39 is 17.6 Å². The van der Waals surface area contributed by atoms with E-state index in [0.29, 0.717) is 25.9 Å². The van der Waals surface area contributed by atoms with Crippen molar-refractivity contribution < 1.29 is 14.4 Å².